The van der Waals surface area contributed by atoms with Crippen molar-refractivity contribution < 1.29 is 106 Å². The maximum absolute atomic E-state index is 13.7. The lowest BCUT2D eigenvalue weighted by Gasteiger charge is -2.41. The lowest BCUT2D eigenvalue weighted by molar-refractivity contribution is -0.231. The highest BCUT2D eigenvalue weighted by Crippen LogP contribution is 2.40. The number of aromatic nitrogens is 3. The summed E-state index contributed by atoms with van der Waals surface area (Å²) in [5.41, 5.74) is -4.31. The zero-order valence-electron chi connectivity index (χ0n) is 35.8. The van der Waals surface area contributed by atoms with Gasteiger partial charge in [0.1, 0.15) is 48.3 Å². The normalized spacial score (nSPS) is 20.2. The molecule has 67 heavy (non-hydrogen) atoms. The number of aliphatic hydroxyl groups is 10. The molecule has 22 nitrogen and oxygen atoms in total. The number of morpholine rings is 1. The van der Waals surface area contributed by atoms with E-state index in [4.69, 9.17) is 50.3 Å². The lowest BCUT2D eigenvalue weighted by atomic mass is 10.0. The van der Waals surface area contributed by atoms with Crippen LogP contribution in [-0.4, -0.2) is 189 Å². The number of aliphatic hydroxyl groups excluding tert-OH is 10. The molecular formula is C37H56F7N6O16P. The number of hydrogen-bond acceptors (Lipinski definition) is 18. The van der Waals surface area contributed by atoms with E-state index < -0.39 is 129 Å². The van der Waals surface area contributed by atoms with Crippen molar-refractivity contribution in [3.63, 3.8) is 0 Å². The topological polar surface area (TPSA) is 356 Å². The molecule has 0 radical (unpaired) electrons. The zero-order chi connectivity index (χ0) is 51.2. The summed E-state index contributed by atoms with van der Waals surface area (Å²) in [7, 11) is -1.92. The van der Waals surface area contributed by atoms with Gasteiger partial charge in [-0.2, -0.15) is 26.3 Å². The van der Waals surface area contributed by atoms with Crippen molar-refractivity contribution in [1.82, 2.24) is 30.1 Å². The number of rotatable bonds is 19. The van der Waals surface area contributed by atoms with Crippen LogP contribution in [0.1, 0.15) is 47.1 Å². The number of ether oxygens (including phenoxy) is 2. The quantitative estimate of drug-likeness (QED) is 0.0442. The molecular weight excluding hydrogens is 948 g/mol. The number of benzene rings is 2. The molecule has 1 fully saturated rings. The minimum absolute atomic E-state index is 0.00603. The summed E-state index contributed by atoms with van der Waals surface area (Å²) in [4.78, 5) is 34.3. The Morgan fingerprint density at radius 1 is 0.806 bits per heavy atom. The first-order valence-corrected chi connectivity index (χ1v) is 21.3. The largest absolute Gasteiger partial charge is 0.454 e. The summed E-state index contributed by atoms with van der Waals surface area (Å²) < 4.78 is 117. The van der Waals surface area contributed by atoms with Gasteiger partial charge in [-0.1, -0.05) is 12.1 Å². The molecule has 4 rings (SSSR count). The van der Waals surface area contributed by atoms with Gasteiger partial charge >= 0.3 is 25.8 Å². The van der Waals surface area contributed by atoms with Gasteiger partial charge in [0.2, 0.25) is 0 Å². The summed E-state index contributed by atoms with van der Waals surface area (Å²) in [6.45, 7) is -0.0952. The molecule has 2 aromatic carbocycles. The fourth-order valence-corrected chi connectivity index (χ4v) is 6.60. The van der Waals surface area contributed by atoms with E-state index in [0.717, 1.165) is 12.1 Å². The predicted octanol–water partition coefficient (Wildman–Crippen LogP) is -2.35. The van der Waals surface area contributed by atoms with Crippen LogP contribution in [-0.2, 0) is 32.9 Å². The standard InChI is InChI=1S/C23H22F7N4O6P.2C7H17NO5/c1-12(14-8-15(22(25,26)27)10-16(9-14)23(28,29)30)40-20-19(13-2-4-17(24)5-3-13)33(6-7-39-20)11-18-31-21(35)34(32-18)41(36,37)38;2*1-8-2-4(10)6(12)7(13)5(11)3-9/h2-5,8-10,12,19-20H,6-7,11H2,1H3,(H,31,32,35)(H2,36,37,38);2*4-13H,2-3H2,1H3/t12-,19-,20-;2*4-,5+,6+,7+/m100/s1. The Bertz CT molecular complexity index is 1970. The Balaban J connectivity index is 0.000000484. The number of H-pyrrole nitrogens is 1. The minimum Gasteiger partial charge on any atom is -0.394 e. The first-order chi connectivity index (χ1) is 31.0. The van der Waals surface area contributed by atoms with E-state index in [1.165, 1.54) is 19.1 Å². The third kappa shape index (κ3) is 18.0. The van der Waals surface area contributed by atoms with Gasteiger partial charge in [0.15, 0.2) is 6.29 Å². The van der Waals surface area contributed by atoms with Crippen LogP contribution >= 0.6 is 7.75 Å². The summed E-state index contributed by atoms with van der Waals surface area (Å²) in [6, 6.07) is 5.01. The predicted molar refractivity (Wildman–Crippen MR) is 216 cm³/mol. The monoisotopic (exact) mass is 1000 g/mol. The Hall–Kier alpha value is -3.56. The fourth-order valence-electron chi connectivity index (χ4n) is 6.09. The highest BCUT2D eigenvalue weighted by molar-refractivity contribution is 7.49. The summed E-state index contributed by atoms with van der Waals surface area (Å²) in [5, 5.41) is 98.6. The van der Waals surface area contributed by atoms with Crippen LogP contribution in [0.15, 0.2) is 47.3 Å². The smallest absolute Gasteiger partial charge is 0.394 e. The molecule has 384 valence electrons. The van der Waals surface area contributed by atoms with Crippen molar-refractivity contribution in [2.24, 2.45) is 0 Å². The second-order valence-corrected chi connectivity index (χ2v) is 16.2. The van der Waals surface area contributed by atoms with E-state index in [2.05, 4.69) is 20.7 Å². The molecule has 1 aromatic heterocycles. The summed E-state index contributed by atoms with van der Waals surface area (Å²) >= 11 is 0. The molecule has 3 aromatic rings. The van der Waals surface area contributed by atoms with Gasteiger partial charge in [-0.25, -0.2) is 13.8 Å². The van der Waals surface area contributed by atoms with E-state index >= 15 is 0 Å². The van der Waals surface area contributed by atoms with Crippen molar-refractivity contribution in [3.05, 3.63) is 86.8 Å². The van der Waals surface area contributed by atoms with Crippen LogP contribution in [0.25, 0.3) is 0 Å². The minimum atomic E-state index is -5.07. The average molecular weight is 1000 g/mol. The number of nitrogens with zero attached hydrogens (tertiary/aromatic N) is 3. The molecule has 0 bridgehead atoms. The number of nitrogens with one attached hydrogen (secondary N) is 3. The van der Waals surface area contributed by atoms with Crippen LogP contribution in [0.5, 0.6) is 0 Å². The zero-order valence-corrected chi connectivity index (χ0v) is 36.7. The number of alkyl halides is 6. The third-order valence-electron chi connectivity index (χ3n) is 9.67. The van der Waals surface area contributed by atoms with Crippen LogP contribution in [0.2, 0.25) is 0 Å². The van der Waals surface area contributed by atoms with Crippen molar-refractivity contribution in [1.29, 1.82) is 0 Å². The molecule has 1 aliphatic heterocycles. The first kappa shape index (κ1) is 59.6. The molecule has 0 aliphatic carbocycles. The van der Waals surface area contributed by atoms with Crippen LogP contribution in [0, 0.1) is 5.82 Å². The lowest BCUT2D eigenvalue weighted by Crippen LogP contribution is -2.48. The van der Waals surface area contributed by atoms with Crippen molar-refractivity contribution in [3.8, 4) is 0 Å². The van der Waals surface area contributed by atoms with Gasteiger partial charge in [0.05, 0.1) is 61.8 Å². The molecule has 0 saturated carbocycles. The molecule has 0 spiro atoms. The number of aromatic amines is 1. The molecule has 15 N–H and O–H groups in total. The van der Waals surface area contributed by atoms with Gasteiger partial charge in [-0.05, 0) is 62.5 Å². The van der Waals surface area contributed by atoms with Crippen molar-refractivity contribution >= 4 is 7.75 Å². The van der Waals surface area contributed by atoms with Gasteiger partial charge < -0.3 is 81.0 Å². The van der Waals surface area contributed by atoms with Gasteiger partial charge in [-0.15, -0.1) is 9.55 Å². The second-order valence-electron chi connectivity index (χ2n) is 14.8. The fraction of sp³-hybridized carbons (Fsp3) is 0.622. The molecule has 1 aliphatic rings. The number of halogens is 7. The maximum atomic E-state index is 13.7. The SMILES string of the molecule is CNC[C@H](O)[C@@H](O)[C@H](O)[C@H](O)CO.CNC[C@H](O)[C@@H](O)[C@H](O)[C@H](O)CO.C[C@@H](O[C@H]1OCCN(Cc2nn(P(=O)(O)O)c(=O)[nH]2)[C@@H]1c1ccc(F)cc1)c1cc(C(F)(F)F)cc(C(F)(F)F)c1. The van der Waals surface area contributed by atoms with E-state index in [9.17, 15) is 60.1 Å². The second kappa shape index (κ2) is 26.4. The number of hydrogen-bond donors (Lipinski definition) is 15. The average Bonchev–Trinajstić information content (AvgIpc) is 3.65. The molecule has 1 saturated heterocycles. The molecule has 2 heterocycles. The first-order valence-electron chi connectivity index (χ1n) is 19.8. The molecule has 11 atom stereocenters. The van der Waals surface area contributed by atoms with E-state index in [-0.39, 0.29) is 49.1 Å². The van der Waals surface area contributed by atoms with Gasteiger partial charge in [-0.3, -0.25) is 9.88 Å². The van der Waals surface area contributed by atoms with Crippen LogP contribution in [0.4, 0.5) is 30.7 Å². The van der Waals surface area contributed by atoms with Gasteiger partial charge in [0.25, 0.3) is 0 Å². The third-order valence-corrected chi connectivity index (χ3v) is 10.4. The Labute approximate surface area is 376 Å². The molecule has 0 amide bonds. The highest BCUT2D eigenvalue weighted by atomic mass is 31.2. The van der Waals surface area contributed by atoms with E-state index in [1.54, 1.807) is 19.0 Å². The van der Waals surface area contributed by atoms with Crippen molar-refractivity contribution in [2.45, 2.75) is 93.1 Å². The Kier molecular flexibility index (Phi) is 23.5. The Morgan fingerprint density at radius 2 is 1.25 bits per heavy atom. The maximum Gasteiger partial charge on any atom is 0.454 e. The summed E-state index contributed by atoms with van der Waals surface area (Å²) in [6.07, 6.45) is -24.1. The highest BCUT2D eigenvalue weighted by Gasteiger charge is 2.40. The van der Waals surface area contributed by atoms with E-state index in [1.807, 2.05) is 0 Å². The molecule has 30 heteroatoms. The molecule has 0 unspecified atom stereocenters. The summed E-state index contributed by atoms with van der Waals surface area (Å²) in [5.74, 6) is -0.775. The van der Waals surface area contributed by atoms with E-state index in [0.29, 0.717) is 17.7 Å². The van der Waals surface area contributed by atoms with Crippen molar-refractivity contribution in [2.75, 3.05) is 53.6 Å². The van der Waals surface area contributed by atoms with Gasteiger partial charge in [0, 0.05) is 19.6 Å². The number of likely N-dealkylation sites (N-methyl/N-ethyl adjacent to an activating group) is 2. The van der Waals surface area contributed by atoms with Crippen LogP contribution < -0.4 is 16.3 Å². The van der Waals surface area contributed by atoms with Crippen LogP contribution in [0.3, 0.4) is 0 Å². The Morgan fingerprint density at radius 3 is 1.64 bits per heavy atom.